The van der Waals surface area contributed by atoms with Crippen LogP contribution >= 0.6 is 0 Å². The van der Waals surface area contributed by atoms with Crippen LogP contribution < -0.4 is 5.73 Å². The monoisotopic (exact) mass is 237 g/mol. The van der Waals surface area contributed by atoms with Crippen molar-refractivity contribution < 1.29 is 4.79 Å². The normalized spacial score (nSPS) is 20.5. The summed E-state index contributed by atoms with van der Waals surface area (Å²) in [5.41, 5.74) is 5.42. The predicted octanol–water partition coefficient (Wildman–Crippen LogP) is 0.651. The van der Waals surface area contributed by atoms with Crippen LogP contribution in [0.1, 0.15) is 32.6 Å². The lowest BCUT2D eigenvalue weighted by molar-refractivity contribution is -0.135. The molecule has 1 unspecified atom stereocenters. The first kappa shape index (κ1) is 11.9. The first-order chi connectivity index (χ1) is 8.20. The smallest absolute Gasteiger partial charge is 0.244 e. The van der Waals surface area contributed by atoms with E-state index in [1.807, 2.05) is 4.90 Å². The van der Waals surface area contributed by atoms with Gasteiger partial charge in [0, 0.05) is 12.6 Å². The van der Waals surface area contributed by atoms with E-state index in [1.54, 1.807) is 0 Å². The van der Waals surface area contributed by atoms with E-state index in [-0.39, 0.29) is 18.4 Å². The quantitative estimate of drug-likeness (QED) is 0.837. The van der Waals surface area contributed by atoms with Gasteiger partial charge in [-0.3, -0.25) is 4.79 Å². The number of carbonyl (C=O) groups is 1. The van der Waals surface area contributed by atoms with Gasteiger partial charge in [-0.05, 0) is 25.7 Å². The molecule has 1 fully saturated rings. The standard InChI is InChI=1S/C11H19N5O/c1-2-9-5-3-4-6-16(9)10(17)7-15-8-13-11(12)14-15/h8-9H,2-7H2,1H3,(H2,12,14). The summed E-state index contributed by atoms with van der Waals surface area (Å²) in [7, 11) is 0. The van der Waals surface area contributed by atoms with Gasteiger partial charge >= 0.3 is 0 Å². The summed E-state index contributed by atoms with van der Waals surface area (Å²) in [6.45, 7) is 3.23. The second-order valence-electron chi connectivity index (χ2n) is 4.45. The Hall–Kier alpha value is -1.59. The van der Waals surface area contributed by atoms with Crippen LogP contribution in [0.5, 0.6) is 0 Å². The minimum absolute atomic E-state index is 0.112. The first-order valence-corrected chi connectivity index (χ1v) is 6.15. The number of nitrogen functional groups attached to an aromatic ring is 1. The number of nitrogens with two attached hydrogens (primary N) is 1. The van der Waals surface area contributed by atoms with Gasteiger partial charge in [0.15, 0.2) is 0 Å². The number of amides is 1. The number of hydrogen-bond acceptors (Lipinski definition) is 4. The van der Waals surface area contributed by atoms with Gasteiger partial charge in [0.1, 0.15) is 12.9 Å². The second kappa shape index (κ2) is 5.16. The number of likely N-dealkylation sites (tertiary alicyclic amines) is 1. The molecule has 0 radical (unpaired) electrons. The maximum absolute atomic E-state index is 12.1. The zero-order valence-corrected chi connectivity index (χ0v) is 10.2. The molecule has 1 aromatic heterocycles. The third kappa shape index (κ3) is 2.75. The molecule has 0 spiro atoms. The summed E-state index contributed by atoms with van der Waals surface area (Å²) >= 11 is 0. The molecule has 0 saturated carbocycles. The maximum Gasteiger partial charge on any atom is 0.244 e. The van der Waals surface area contributed by atoms with Gasteiger partial charge < -0.3 is 10.6 Å². The molecule has 6 nitrogen and oxygen atoms in total. The topological polar surface area (TPSA) is 77.0 Å². The van der Waals surface area contributed by atoms with Crippen molar-refractivity contribution in [2.45, 2.75) is 45.2 Å². The largest absolute Gasteiger partial charge is 0.367 e. The number of aromatic nitrogens is 3. The van der Waals surface area contributed by atoms with Gasteiger partial charge in [0.05, 0.1) is 0 Å². The number of anilines is 1. The molecular weight excluding hydrogens is 218 g/mol. The van der Waals surface area contributed by atoms with Crippen LogP contribution in [-0.2, 0) is 11.3 Å². The van der Waals surface area contributed by atoms with Gasteiger partial charge in [0.2, 0.25) is 11.9 Å². The van der Waals surface area contributed by atoms with Crippen molar-refractivity contribution in [3.63, 3.8) is 0 Å². The molecular formula is C11H19N5O. The molecule has 1 aromatic rings. The van der Waals surface area contributed by atoms with Crippen molar-refractivity contribution in [2.24, 2.45) is 0 Å². The van der Waals surface area contributed by atoms with Crippen LogP contribution in [0.25, 0.3) is 0 Å². The lowest BCUT2D eigenvalue weighted by atomic mass is 10.00. The van der Waals surface area contributed by atoms with E-state index in [2.05, 4.69) is 17.0 Å². The Balaban J connectivity index is 1.98. The fourth-order valence-electron chi connectivity index (χ4n) is 2.37. The average Bonchev–Trinajstić information content (AvgIpc) is 2.74. The summed E-state index contributed by atoms with van der Waals surface area (Å²) < 4.78 is 1.50. The lowest BCUT2D eigenvalue weighted by Crippen LogP contribution is -2.44. The molecule has 2 rings (SSSR count). The Labute approximate surface area is 101 Å². The van der Waals surface area contributed by atoms with Crippen LogP contribution in [-0.4, -0.2) is 38.2 Å². The summed E-state index contributed by atoms with van der Waals surface area (Å²) in [5.74, 6) is 0.324. The van der Waals surface area contributed by atoms with Gasteiger partial charge in [-0.25, -0.2) is 9.67 Å². The summed E-state index contributed by atoms with van der Waals surface area (Å²) in [6, 6.07) is 0.386. The fourth-order valence-corrected chi connectivity index (χ4v) is 2.37. The molecule has 1 aliphatic rings. The van der Waals surface area contributed by atoms with E-state index in [0.29, 0.717) is 6.04 Å². The van der Waals surface area contributed by atoms with E-state index in [4.69, 9.17) is 5.73 Å². The molecule has 6 heteroatoms. The van der Waals surface area contributed by atoms with Crippen LogP contribution in [0, 0.1) is 0 Å². The maximum atomic E-state index is 12.1. The zero-order chi connectivity index (χ0) is 12.3. The molecule has 0 aliphatic carbocycles. The molecule has 94 valence electrons. The van der Waals surface area contributed by atoms with E-state index in [1.165, 1.54) is 17.4 Å². The summed E-state index contributed by atoms with van der Waals surface area (Å²) in [5, 5.41) is 3.93. The third-order valence-electron chi connectivity index (χ3n) is 3.27. The Morgan fingerprint density at radius 2 is 2.41 bits per heavy atom. The van der Waals surface area contributed by atoms with Gasteiger partial charge in [0.25, 0.3) is 0 Å². The summed E-state index contributed by atoms with van der Waals surface area (Å²) in [4.78, 5) is 17.9. The van der Waals surface area contributed by atoms with Gasteiger partial charge in [-0.1, -0.05) is 6.92 Å². The van der Waals surface area contributed by atoms with Crippen LogP contribution in [0.3, 0.4) is 0 Å². The molecule has 17 heavy (non-hydrogen) atoms. The van der Waals surface area contributed by atoms with E-state index >= 15 is 0 Å². The average molecular weight is 237 g/mol. The minimum Gasteiger partial charge on any atom is -0.367 e. The molecule has 1 atom stereocenters. The van der Waals surface area contributed by atoms with Crippen molar-refractivity contribution in [1.29, 1.82) is 0 Å². The molecule has 2 N–H and O–H groups in total. The number of hydrogen-bond donors (Lipinski definition) is 1. The Bertz CT molecular complexity index is 389. The SMILES string of the molecule is CCC1CCCCN1C(=O)Cn1cnc(N)n1. The highest BCUT2D eigenvalue weighted by Gasteiger charge is 2.25. The second-order valence-corrected chi connectivity index (χ2v) is 4.45. The van der Waals surface area contributed by atoms with Gasteiger partial charge in [-0.2, -0.15) is 0 Å². The lowest BCUT2D eigenvalue weighted by Gasteiger charge is -2.35. The summed E-state index contributed by atoms with van der Waals surface area (Å²) in [6.07, 6.45) is 5.95. The fraction of sp³-hybridized carbons (Fsp3) is 0.727. The highest BCUT2D eigenvalue weighted by molar-refractivity contribution is 5.76. The number of rotatable bonds is 3. The van der Waals surface area contributed by atoms with Crippen LogP contribution in [0.15, 0.2) is 6.33 Å². The number of nitrogens with zero attached hydrogens (tertiary/aromatic N) is 4. The predicted molar refractivity (Wildman–Crippen MR) is 64.1 cm³/mol. The Morgan fingerprint density at radius 1 is 1.59 bits per heavy atom. The molecule has 2 heterocycles. The Kier molecular flexibility index (Phi) is 3.61. The van der Waals surface area contributed by atoms with Crippen LogP contribution in [0.4, 0.5) is 5.95 Å². The van der Waals surface area contributed by atoms with Crippen molar-refractivity contribution in [3.05, 3.63) is 6.33 Å². The van der Waals surface area contributed by atoms with E-state index in [9.17, 15) is 4.79 Å². The van der Waals surface area contributed by atoms with Crippen molar-refractivity contribution >= 4 is 11.9 Å². The third-order valence-corrected chi connectivity index (χ3v) is 3.27. The number of piperidine rings is 1. The molecule has 1 aliphatic heterocycles. The van der Waals surface area contributed by atoms with Crippen molar-refractivity contribution in [2.75, 3.05) is 12.3 Å². The van der Waals surface area contributed by atoms with E-state index in [0.717, 1.165) is 25.8 Å². The van der Waals surface area contributed by atoms with E-state index < -0.39 is 0 Å². The van der Waals surface area contributed by atoms with Crippen molar-refractivity contribution in [3.8, 4) is 0 Å². The van der Waals surface area contributed by atoms with Gasteiger partial charge in [-0.15, -0.1) is 5.10 Å². The Morgan fingerprint density at radius 3 is 3.06 bits per heavy atom. The zero-order valence-electron chi connectivity index (χ0n) is 10.2. The van der Waals surface area contributed by atoms with Crippen molar-refractivity contribution in [1.82, 2.24) is 19.7 Å². The first-order valence-electron chi connectivity index (χ1n) is 6.15. The highest BCUT2D eigenvalue weighted by atomic mass is 16.2. The molecule has 1 amide bonds. The molecule has 1 saturated heterocycles. The molecule has 0 bridgehead atoms. The minimum atomic E-state index is 0.112. The molecule has 0 aromatic carbocycles. The highest BCUT2D eigenvalue weighted by Crippen LogP contribution is 2.19. The number of carbonyl (C=O) groups excluding carboxylic acids is 1. The van der Waals surface area contributed by atoms with Crippen LogP contribution in [0.2, 0.25) is 0 Å².